The van der Waals surface area contributed by atoms with E-state index in [0.29, 0.717) is 11.3 Å². The largest absolute Gasteiger partial charge is 0.397 e. The lowest BCUT2D eigenvalue weighted by Crippen LogP contribution is -2.39. The number of amides is 1. The summed E-state index contributed by atoms with van der Waals surface area (Å²) in [5.41, 5.74) is 13.1. The predicted octanol–water partition coefficient (Wildman–Crippen LogP) is 2.03. The van der Waals surface area contributed by atoms with Crippen LogP contribution >= 0.6 is 0 Å². The van der Waals surface area contributed by atoms with Gasteiger partial charge in [0.25, 0.3) is 5.91 Å². The smallest absolute Gasteiger partial charge is 0.278 e. The zero-order valence-electron chi connectivity index (χ0n) is 15.0. The van der Waals surface area contributed by atoms with Crippen molar-refractivity contribution in [3.63, 3.8) is 0 Å². The zero-order valence-corrected chi connectivity index (χ0v) is 15.9. The first kappa shape index (κ1) is 20.0. The molecule has 0 aliphatic heterocycles. The second-order valence-electron chi connectivity index (χ2n) is 6.34. The molecule has 0 heterocycles. The second-order valence-corrected chi connectivity index (χ2v) is 8.29. The molecule has 0 saturated heterocycles. The number of hydrogen-bond donors (Lipinski definition) is 2. The lowest BCUT2D eigenvalue weighted by Gasteiger charge is -2.36. The van der Waals surface area contributed by atoms with Crippen LogP contribution < -0.4 is 16.4 Å². The van der Waals surface area contributed by atoms with Gasteiger partial charge in [-0.3, -0.25) is 4.79 Å². The van der Waals surface area contributed by atoms with Crippen LogP contribution in [0.1, 0.15) is 43.6 Å². The van der Waals surface area contributed by atoms with Crippen molar-refractivity contribution in [3.05, 3.63) is 11.1 Å². The van der Waals surface area contributed by atoms with Crippen molar-refractivity contribution < 1.29 is 13.2 Å². The van der Waals surface area contributed by atoms with Gasteiger partial charge in [-0.05, 0) is 46.9 Å². The maximum absolute atomic E-state index is 12.4. The van der Waals surface area contributed by atoms with Crippen molar-refractivity contribution in [2.75, 3.05) is 22.6 Å². The van der Waals surface area contributed by atoms with E-state index in [4.69, 9.17) is 11.5 Å². The first-order chi connectivity index (χ1) is 10.9. The van der Waals surface area contributed by atoms with Gasteiger partial charge in [-0.2, -0.15) is 0 Å². The molecule has 7 nitrogen and oxygen atoms in total. The van der Waals surface area contributed by atoms with E-state index in [1.807, 2.05) is 32.6 Å². The molecule has 0 bridgehead atoms. The zero-order chi connectivity index (χ0) is 19.0. The van der Waals surface area contributed by atoms with E-state index >= 15 is 0 Å². The standard InChI is InChI=1S/C16H26N4O3S/c1-8(2)20(9(3)4)14-12(17)10(5)11(16(21)19-6)13(18)15(14)24(7,22)23/h8-9H,6,17-18H2,1-5,7H3. The summed E-state index contributed by atoms with van der Waals surface area (Å²) in [5.74, 6) is -0.700. The van der Waals surface area contributed by atoms with E-state index in [9.17, 15) is 13.2 Å². The van der Waals surface area contributed by atoms with Crippen LogP contribution in [0.25, 0.3) is 0 Å². The van der Waals surface area contributed by atoms with Crippen LogP contribution in [0.4, 0.5) is 17.1 Å². The fourth-order valence-corrected chi connectivity index (χ4v) is 4.04. The fourth-order valence-electron chi connectivity index (χ4n) is 2.98. The molecule has 8 heteroatoms. The third kappa shape index (κ3) is 3.38. The maximum Gasteiger partial charge on any atom is 0.278 e. The van der Waals surface area contributed by atoms with E-state index in [2.05, 4.69) is 11.7 Å². The van der Waals surface area contributed by atoms with Gasteiger partial charge in [0.15, 0.2) is 9.84 Å². The highest BCUT2D eigenvalue weighted by Crippen LogP contribution is 2.43. The van der Waals surface area contributed by atoms with E-state index < -0.39 is 15.7 Å². The molecule has 0 aliphatic rings. The van der Waals surface area contributed by atoms with Gasteiger partial charge in [-0.15, -0.1) is 0 Å². The molecule has 0 unspecified atom stereocenters. The van der Waals surface area contributed by atoms with Gasteiger partial charge < -0.3 is 16.4 Å². The average molecular weight is 354 g/mol. The number of carbonyl (C=O) groups excluding carboxylic acids is 1. The number of nitrogens with two attached hydrogens (primary N) is 2. The first-order valence-corrected chi connectivity index (χ1v) is 9.46. The van der Waals surface area contributed by atoms with E-state index in [-0.39, 0.29) is 33.9 Å². The highest BCUT2D eigenvalue weighted by Gasteiger charge is 2.32. The summed E-state index contributed by atoms with van der Waals surface area (Å²) >= 11 is 0. The van der Waals surface area contributed by atoms with Gasteiger partial charge in [0.2, 0.25) is 0 Å². The summed E-state index contributed by atoms with van der Waals surface area (Å²) in [7, 11) is -3.74. The van der Waals surface area contributed by atoms with E-state index in [0.717, 1.165) is 6.26 Å². The molecule has 134 valence electrons. The molecule has 1 aromatic rings. The molecule has 0 saturated carbocycles. The molecule has 4 N–H and O–H groups in total. The number of anilines is 3. The Balaban J connectivity index is 4.11. The Kier molecular flexibility index (Phi) is 5.66. The van der Waals surface area contributed by atoms with Crippen LogP contribution in [-0.2, 0) is 9.84 Å². The van der Waals surface area contributed by atoms with Crippen LogP contribution in [0.5, 0.6) is 0 Å². The SMILES string of the molecule is C=NC(=O)c1c(C)c(N)c(N(C(C)C)C(C)C)c(S(C)(=O)=O)c1N. The number of carbonyl (C=O) groups is 1. The van der Waals surface area contributed by atoms with E-state index in [1.165, 1.54) is 0 Å². The Bertz CT molecular complexity index is 775. The third-order valence-electron chi connectivity index (χ3n) is 3.86. The molecule has 1 aromatic carbocycles. The minimum absolute atomic E-state index is 0.0147. The van der Waals surface area contributed by atoms with Crippen LogP contribution in [0.3, 0.4) is 0 Å². The Morgan fingerprint density at radius 3 is 1.92 bits per heavy atom. The minimum Gasteiger partial charge on any atom is -0.397 e. The number of benzene rings is 1. The summed E-state index contributed by atoms with van der Waals surface area (Å²) in [6.07, 6.45) is 1.05. The molecular formula is C16H26N4O3S. The topological polar surface area (TPSA) is 119 Å². The maximum atomic E-state index is 12.4. The molecule has 0 aliphatic carbocycles. The highest BCUT2D eigenvalue weighted by molar-refractivity contribution is 7.91. The predicted molar refractivity (Wildman–Crippen MR) is 99.7 cm³/mol. The molecule has 1 rings (SSSR count). The number of nitrogens with zero attached hydrogens (tertiary/aromatic N) is 2. The van der Waals surface area contributed by atoms with Crippen LogP contribution in [-0.4, -0.2) is 39.4 Å². The molecule has 0 atom stereocenters. The van der Waals surface area contributed by atoms with Gasteiger partial charge in [0.05, 0.1) is 22.6 Å². The van der Waals surface area contributed by atoms with Crippen molar-refractivity contribution in [3.8, 4) is 0 Å². The minimum atomic E-state index is -3.74. The Labute approximate surface area is 143 Å². The molecule has 24 heavy (non-hydrogen) atoms. The number of nitrogen functional groups attached to an aromatic ring is 2. The number of hydrogen-bond acceptors (Lipinski definition) is 6. The van der Waals surface area contributed by atoms with Gasteiger partial charge >= 0.3 is 0 Å². The molecule has 0 spiro atoms. The molecular weight excluding hydrogens is 328 g/mol. The molecule has 0 radical (unpaired) electrons. The summed E-state index contributed by atoms with van der Waals surface area (Å²) in [6.45, 7) is 12.6. The summed E-state index contributed by atoms with van der Waals surface area (Å²) < 4.78 is 24.9. The number of rotatable bonds is 5. The summed E-state index contributed by atoms with van der Waals surface area (Å²) in [6, 6.07) is -0.0450. The second kappa shape index (κ2) is 6.80. The summed E-state index contributed by atoms with van der Waals surface area (Å²) in [5, 5.41) is 0. The van der Waals surface area contributed by atoms with E-state index in [1.54, 1.807) is 6.92 Å². The third-order valence-corrected chi connectivity index (χ3v) is 5.02. The molecule has 0 fully saturated rings. The van der Waals surface area contributed by atoms with Crippen molar-refractivity contribution in [1.29, 1.82) is 0 Å². The monoisotopic (exact) mass is 354 g/mol. The Morgan fingerprint density at radius 1 is 1.12 bits per heavy atom. The van der Waals surface area contributed by atoms with Crippen LogP contribution in [0.2, 0.25) is 0 Å². The Hall–Kier alpha value is -2.09. The number of aliphatic imine (C=N–C) groups is 1. The highest BCUT2D eigenvalue weighted by atomic mass is 32.2. The van der Waals surface area contributed by atoms with Crippen LogP contribution in [0, 0.1) is 6.92 Å². The average Bonchev–Trinajstić information content (AvgIpc) is 2.41. The molecule has 0 aromatic heterocycles. The quantitative estimate of drug-likeness (QED) is 0.617. The van der Waals surface area contributed by atoms with Crippen molar-refractivity contribution >= 4 is 39.5 Å². The van der Waals surface area contributed by atoms with Gasteiger partial charge in [0.1, 0.15) is 4.90 Å². The summed E-state index contributed by atoms with van der Waals surface area (Å²) in [4.78, 5) is 17.2. The normalized spacial score (nSPS) is 11.8. The lowest BCUT2D eigenvalue weighted by molar-refractivity contribution is 0.100. The van der Waals surface area contributed by atoms with Crippen molar-refractivity contribution in [1.82, 2.24) is 0 Å². The lowest BCUT2D eigenvalue weighted by atomic mass is 10.00. The fraction of sp³-hybridized carbons (Fsp3) is 0.500. The van der Waals surface area contributed by atoms with Gasteiger partial charge in [0, 0.05) is 18.3 Å². The molecule has 1 amide bonds. The number of sulfone groups is 1. The van der Waals surface area contributed by atoms with Gasteiger partial charge in [-0.1, -0.05) is 0 Å². The first-order valence-electron chi connectivity index (χ1n) is 7.57. The van der Waals surface area contributed by atoms with Gasteiger partial charge in [-0.25, -0.2) is 13.4 Å². The van der Waals surface area contributed by atoms with Crippen molar-refractivity contribution in [2.24, 2.45) is 4.99 Å². The van der Waals surface area contributed by atoms with Crippen LogP contribution in [0.15, 0.2) is 9.89 Å². The van der Waals surface area contributed by atoms with Crippen molar-refractivity contribution in [2.45, 2.75) is 51.6 Å². The Morgan fingerprint density at radius 2 is 1.58 bits per heavy atom.